The Hall–Kier alpha value is -2.31. The van der Waals surface area contributed by atoms with Gasteiger partial charge < -0.3 is 10.1 Å². The molecule has 4 rings (SSSR count). The molecular formula is C24H30N2O3S. The lowest BCUT2D eigenvalue weighted by atomic mass is 9.77. The van der Waals surface area contributed by atoms with Crippen molar-refractivity contribution in [1.29, 1.82) is 0 Å². The summed E-state index contributed by atoms with van der Waals surface area (Å²) in [6.45, 7) is 6.49. The number of nitrogens with one attached hydrogen (secondary N) is 2. The Balaban J connectivity index is 1.65. The van der Waals surface area contributed by atoms with Crippen LogP contribution in [0.1, 0.15) is 56.7 Å². The fraction of sp³-hybridized carbons (Fsp3) is 0.417. The normalized spacial score (nSPS) is 23.4. The van der Waals surface area contributed by atoms with Crippen molar-refractivity contribution in [3.05, 3.63) is 65.7 Å². The fourth-order valence-corrected chi connectivity index (χ4v) is 5.79. The molecule has 1 heterocycles. The number of sulfonamides is 1. The average Bonchev–Trinajstić information content (AvgIpc) is 3.23. The number of anilines is 1. The molecule has 0 saturated heterocycles. The summed E-state index contributed by atoms with van der Waals surface area (Å²) < 4.78 is 33.9. The first kappa shape index (κ1) is 20.9. The Morgan fingerprint density at radius 1 is 1.17 bits per heavy atom. The summed E-state index contributed by atoms with van der Waals surface area (Å²) in [7, 11) is -3.53. The predicted molar refractivity (Wildman–Crippen MR) is 120 cm³/mol. The van der Waals surface area contributed by atoms with Gasteiger partial charge in [-0.1, -0.05) is 31.2 Å². The van der Waals surface area contributed by atoms with Crippen LogP contribution in [0.2, 0.25) is 0 Å². The highest BCUT2D eigenvalue weighted by molar-refractivity contribution is 7.89. The molecule has 0 fully saturated rings. The highest BCUT2D eigenvalue weighted by Gasteiger charge is 2.38. The summed E-state index contributed by atoms with van der Waals surface area (Å²) >= 11 is 0. The van der Waals surface area contributed by atoms with Crippen LogP contribution in [0.25, 0.3) is 0 Å². The third-order valence-corrected chi connectivity index (χ3v) is 7.75. The van der Waals surface area contributed by atoms with Crippen molar-refractivity contribution < 1.29 is 13.2 Å². The van der Waals surface area contributed by atoms with E-state index in [0.29, 0.717) is 17.4 Å². The summed E-state index contributed by atoms with van der Waals surface area (Å²) in [5.74, 6) is 1.44. The lowest BCUT2D eigenvalue weighted by Gasteiger charge is -2.37. The SMILES string of the molecule is CCOc1ccc(C2Nc3ccc(S(=O)(=O)NC(C)CC)cc3C3C=CCC32)cc1. The third kappa shape index (κ3) is 3.98. The van der Waals surface area contributed by atoms with Gasteiger partial charge in [0.05, 0.1) is 17.5 Å². The molecule has 2 aromatic rings. The van der Waals surface area contributed by atoms with Gasteiger partial charge in [-0.25, -0.2) is 13.1 Å². The van der Waals surface area contributed by atoms with E-state index in [4.69, 9.17) is 4.74 Å². The molecule has 2 aliphatic rings. The lowest BCUT2D eigenvalue weighted by molar-refractivity contribution is 0.340. The second-order valence-electron chi connectivity index (χ2n) is 8.16. The summed E-state index contributed by atoms with van der Waals surface area (Å²) in [5.41, 5.74) is 3.28. The van der Waals surface area contributed by atoms with Crippen molar-refractivity contribution in [3.63, 3.8) is 0 Å². The highest BCUT2D eigenvalue weighted by atomic mass is 32.2. The van der Waals surface area contributed by atoms with Gasteiger partial charge in [-0.15, -0.1) is 0 Å². The van der Waals surface area contributed by atoms with E-state index in [-0.39, 0.29) is 18.0 Å². The maximum absolute atomic E-state index is 12.8. The quantitative estimate of drug-likeness (QED) is 0.612. The van der Waals surface area contributed by atoms with Crippen LogP contribution in [0.4, 0.5) is 5.69 Å². The van der Waals surface area contributed by atoms with Crippen molar-refractivity contribution >= 4 is 15.7 Å². The predicted octanol–water partition coefficient (Wildman–Crippen LogP) is 4.99. The largest absolute Gasteiger partial charge is 0.494 e. The first-order valence-electron chi connectivity index (χ1n) is 10.7. The molecule has 4 unspecified atom stereocenters. The van der Waals surface area contributed by atoms with Crippen LogP contribution in [0, 0.1) is 5.92 Å². The monoisotopic (exact) mass is 426 g/mol. The van der Waals surface area contributed by atoms with Gasteiger partial charge in [-0.2, -0.15) is 0 Å². The zero-order chi connectivity index (χ0) is 21.3. The standard InChI is InChI=1S/C24H30N2O3S/c1-4-16(3)26-30(27,28)19-13-14-23-22(15-19)20-7-6-8-21(20)24(25-23)17-9-11-18(12-10-17)29-5-2/h6-7,9-16,20-21,24-26H,4-5,8H2,1-3H3. The summed E-state index contributed by atoms with van der Waals surface area (Å²) in [5, 5.41) is 3.67. The number of rotatable bonds is 7. The zero-order valence-corrected chi connectivity index (χ0v) is 18.6. The Bertz CT molecular complexity index is 1030. The maximum atomic E-state index is 12.8. The number of hydrogen-bond acceptors (Lipinski definition) is 4. The number of allylic oxidation sites excluding steroid dienone is 2. The average molecular weight is 427 g/mol. The number of fused-ring (bicyclic) bond motifs is 3. The minimum atomic E-state index is -3.53. The topological polar surface area (TPSA) is 67.4 Å². The molecule has 6 heteroatoms. The van der Waals surface area contributed by atoms with Crippen LogP contribution in [-0.2, 0) is 10.0 Å². The van der Waals surface area contributed by atoms with Gasteiger partial charge in [0.1, 0.15) is 5.75 Å². The molecule has 0 aromatic heterocycles. The van der Waals surface area contributed by atoms with E-state index < -0.39 is 10.0 Å². The lowest BCUT2D eigenvalue weighted by Crippen LogP contribution is -2.33. The fourth-order valence-electron chi connectivity index (χ4n) is 4.42. The van der Waals surface area contributed by atoms with Crippen LogP contribution in [0.5, 0.6) is 5.75 Å². The van der Waals surface area contributed by atoms with Crippen molar-refractivity contribution in [1.82, 2.24) is 4.72 Å². The summed E-state index contributed by atoms with van der Waals surface area (Å²) in [4.78, 5) is 0.335. The van der Waals surface area contributed by atoms with Crippen molar-refractivity contribution in [2.45, 2.75) is 56.5 Å². The molecule has 0 spiro atoms. The van der Waals surface area contributed by atoms with Gasteiger partial charge in [0.15, 0.2) is 0 Å². The van der Waals surface area contributed by atoms with E-state index in [1.165, 1.54) is 5.56 Å². The van der Waals surface area contributed by atoms with Crippen molar-refractivity contribution in [2.24, 2.45) is 5.92 Å². The molecule has 2 N–H and O–H groups in total. The molecule has 0 bridgehead atoms. The van der Waals surface area contributed by atoms with Crippen LogP contribution < -0.4 is 14.8 Å². The van der Waals surface area contributed by atoms with Gasteiger partial charge >= 0.3 is 0 Å². The van der Waals surface area contributed by atoms with Crippen LogP contribution >= 0.6 is 0 Å². The van der Waals surface area contributed by atoms with Crippen molar-refractivity contribution in [2.75, 3.05) is 11.9 Å². The molecule has 4 atom stereocenters. The van der Waals surface area contributed by atoms with Crippen molar-refractivity contribution in [3.8, 4) is 5.75 Å². The summed E-state index contributed by atoms with van der Waals surface area (Å²) in [6, 6.07) is 13.8. The van der Waals surface area contributed by atoms with E-state index in [0.717, 1.165) is 29.8 Å². The van der Waals surface area contributed by atoms with E-state index >= 15 is 0 Å². The van der Waals surface area contributed by atoms with E-state index in [1.807, 2.05) is 45.0 Å². The minimum absolute atomic E-state index is 0.0904. The second-order valence-corrected chi connectivity index (χ2v) is 9.87. The van der Waals surface area contributed by atoms with Crippen LogP contribution in [0.15, 0.2) is 59.5 Å². The maximum Gasteiger partial charge on any atom is 0.240 e. The second kappa shape index (κ2) is 8.44. The number of benzene rings is 2. The van der Waals surface area contributed by atoms with Gasteiger partial charge in [-0.3, -0.25) is 0 Å². The minimum Gasteiger partial charge on any atom is -0.494 e. The van der Waals surface area contributed by atoms with Gasteiger partial charge in [-0.05, 0) is 74.1 Å². The number of ether oxygens (including phenoxy) is 1. The van der Waals surface area contributed by atoms with E-state index in [9.17, 15) is 8.42 Å². The molecule has 1 aliphatic carbocycles. The molecule has 5 nitrogen and oxygen atoms in total. The first-order valence-corrected chi connectivity index (χ1v) is 12.2. The Labute approximate surface area is 179 Å². The van der Waals surface area contributed by atoms with Gasteiger partial charge in [0.2, 0.25) is 10.0 Å². The zero-order valence-electron chi connectivity index (χ0n) is 17.8. The molecule has 160 valence electrons. The van der Waals surface area contributed by atoms with Crippen LogP contribution in [-0.4, -0.2) is 21.1 Å². The first-order chi connectivity index (χ1) is 14.4. The Morgan fingerprint density at radius 2 is 1.93 bits per heavy atom. The highest BCUT2D eigenvalue weighted by Crippen LogP contribution is 2.50. The third-order valence-electron chi connectivity index (χ3n) is 6.16. The molecule has 30 heavy (non-hydrogen) atoms. The molecule has 1 aliphatic heterocycles. The summed E-state index contributed by atoms with van der Waals surface area (Å²) in [6.07, 6.45) is 6.16. The van der Waals surface area contributed by atoms with E-state index in [2.05, 4.69) is 34.3 Å². The number of hydrogen-bond donors (Lipinski definition) is 2. The molecule has 0 amide bonds. The van der Waals surface area contributed by atoms with Gasteiger partial charge in [0.25, 0.3) is 0 Å². The van der Waals surface area contributed by atoms with Crippen LogP contribution in [0.3, 0.4) is 0 Å². The molecular weight excluding hydrogens is 396 g/mol. The van der Waals surface area contributed by atoms with E-state index in [1.54, 1.807) is 6.07 Å². The smallest absolute Gasteiger partial charge is 0.240 e. The Morgan fingerprint density at radius 3 is 2.63 bits per heavy atom. The molecule has 0 saturated carbocycles. The van der Waals surface area contributed by atoms with Gasteiger partial charge in [0, 0.05) is 17.6 Å². The molecule has 2 aromatic carbocycles. The Kier molecular flexibility index (Phi) is 5.89. The molecule has 0 radical (unpaired) electrons.